The maximum absolute atomic E-state index is 12.8. The van der Waals surface area contributed by atoms with E-state index >= 15 is 0 Å². The van der Waals surface area contributed by atoms with Crippen LogP contribution in [0.2, 0.25) is 0 Å². The number of carbonyl (C=O) groups excluding carboxylic acids is 4. The van der Waals surface area contributed by atoms with Crippen molar-refractivity contribution in [1.82, 2.24) is 20.9 Å². The largest absolute Gasteiger partial charge is 0.396 e. The average molecular weight is 386 g/mol. The zero-order chi connectivity index (χ0) is 19.9. The first kappa shape index (κ1) is 18.7. The highest BCUT2D eigenvalue weighted by atomic mass is 16.3. The zero-order valence-corrected chi connectivity index (χ0v) is 15.3. The van der Waals surface area contributed by atoms with Crippen molar-refractivity contribution in [2.24, 2.45) is 5.41 Å². The summed E-state index contributed by atoms with van der Waals surface area (Å²) in [6.45, 7) is 2.76. The van der Waals surface area contributed by atoms with E-state index in [0.29, 0.717) is 13.1 Å². The van der Waals surface area contributed by atoms with Crippen LogP contribution in [0.15, 0.2) is 18.2 Å². The number of hydrogen-bond acceptors (Lipinski definition) is 7. The van der Waals surface area contributed by atoms with Crippen molar-refractivity contribution in [3.05, 3.63) is 34.9 Å². The first-order valence-corrected chi connectivity index (χ1v) is 9.31. The van der Waals surface area contributed by atoms with E-state index in [-0.39, 0.29) is 36.0 Å². The molecule has 148 valence electrons. The van der Waals surface area contributed by atoms with Gasteiger partial charge >= 0.3 is 0 Å². The average Bonchev–Trinajstić information content (AvgIpc) is 2.88. The van der Waals surface area contributed by atoms with Crippen molar-refractivity contribution in [2.75, 3.05) is 26.2 Å². The van der Waals surface area contributed by atoms with Crippen LogP contribution < -0.4 is 16.0 Å². The summed E-state index contributed by atoms with van der Waals surface area (Å²) >= 11 is 0. The molecule has 0 bridgehead atoms. The van der Waals surface area contributed by atoms with Crippen LogP contribution in [0.25, 0.3) is 0 Å². The molecule has 1 unspecified atom stereocenters. The Morgan fingerprint density at radius 3 is 2.54 bits per heavy atom. The van der Waals surface area contributed by atoms with Crippen LogP contribution in [0, 0.1) is 5.41 Å². The Labute approximate surface area is 161 Å². The number of piperidine rings is 1. The fourth-order valence-electron chi connectivity index (χ4n) is 3.87. The number of rotatable bonds is 6. The van der Waals surface area contributed by atoms with Crippen molar-refractivity contribution in [3.63, 3.8) is 0 Å². The Morgan fingerprint density at radius 1 is 1.14 bits per heavy atom. The number of hydrogen-bond donors (Lipinski definition) is 4. The molecular formula is C19H22N4O5. The summed E-state index contributed by atoms with van der Waals surface area (Å²) in [7, 11) is 0. The van der Waals surface area contributed by atoms with Crippen molar-refractivity contribution in [2.45, 2.75) is 25.4 Å². The van der Waals surface area contributed by atoms with Gasteiger partial charge in [-0.3, -0.25) is 29.4 Å². The lowest BCUT2D eigenvalue weighted by molar-refractivity contribution is -0.136. The Kier molecular flexibility index (Phi) is 4.74. The summed E-state index contributed by atoms with van der Waals surface area (Å²) in [6.07, 6.45) is 0.238. The van der Waals surface area contributed by atoms with E-state index in [1.165, 1.54) is 0 Å². The molecule has 0 saturated carbocycles. The van der Waals surface area contributed by atoms with Gasteiger partial charge in [0.2, 0.25) is 11.8 Å². The fraction of sp³-hybridized carbons (Fsp3) is 0.474. The van der Waals surface area contributed by atoms with Crippen LogP contribution >= 0.6 is 0 Å². The molecule has 0 radical (unpaired) electrons. The quantitative estimate of drug-likeness (QED) is 0.450. The minimum absolute atomic E-state index is 0.0977. The molecule has 4 amide bonds. The molecular weight excluding hydrogens is 364 g/mol. The Balaban J connectivity index is 1.46. The number of benzene rings is 1. The summed E-state index contributed by atoms with van der Waals surface area (Å²) in [5.74, 6) is -2.02. The zero-order valence-electron chi connectivity index (χ0n) is 15.3. The summed E-state index contributed by atoms with van der Waals surface area (Å²) < 4.78 is 0. The molecule has 3 aliphatic heterocycles. The smallest absolute Gasteiger partial charge is 0.262 e. The summed E-state index contributed by atoms with van der Waals surface area (Å²) in [5, 5.41) is 18.1. The summed E-state index contributed by atoms with van der Waals surface area (Å²) in [4.78, 5) is 49.8. The van der Waals surface area contributed by atoms with Gasteiger partial charge in [-0.15, -0.1) is 0 Å². The number of amides is 4. The minimum Gasteiger partial charge on any atom is -0.396 e. The number of imide groups is 2. The highest BCUT2D eigenvalue weighted by Gasteiger charge is 2.44. The molecule has 2 fully saturated rings. The van der Waals surface area contributed by atoms with Crippen molar-refractivity contribution in [3.8, 4) is 0 Å². The van der Waals surface area contributed by atoms with E-state index < -0.39 is 29.7 Å². The maximum Gasteiger partial charge on any atom is 0.262 e. The monoisotopic (exact) mass is 386 g/mol. The molecule has 1 aromatic carbocycles. The second kappa shape index (κ2) is 7.08. The molecule has 28 heavy (non-hydrogen) atoms. The van der Waals surface area contributed by atoms with Gasteiger partial charge in [0.1, 0.15) is 6.04 Å². The highest BCUT2D eigenvalue weighted by Crippen LogP contribution is 2.28. The Bertz CT molecular complexity index is 858. The van der Waals surface area contributed by atoms with Gasteiger partial charge in [0, 0.05) is 38.0 Å². The van der Waals surface area contributed by atoms with Crippen LogP contribution in [0.3, 0.4) is 0 Å². The minimum atomic E-state index is -0.956. The number of aliphatic hydroxyl groups is 1. The summed E-state index contributed by atoms with van der Waals surface area (Å²) in [6, 6.07) is 4.09. The molecule has 2 saturated heterocycles. The first-order chi connectivity index (χ1) is 13.4. The molecule has 4 rings (SSSR count). The lowest BCUT2D eigenvalue weighted by Gasteiger charge is -2.41. The third kappa shape index (κ3) is 3.11. The van der Waals surface area contributed by atoms with Gasteiger partial charge in [-0.1, -0.05) is 6.07 Å². The molecule has 0 spiro atoms. The van der Waals surface area contributed by atoms with Crippen molar-refractivity contribution >= 4 is 23.6 Å². The third-order valence-electron chi connectivity index (χ3n) is 5.67. The normalized spacial score (nSPS) is 23.5. The van der Waals surface area contributed by atoms with Gasteiger partial charge in [0.15, 0.2) is 0 Å². The Hall–Kier alpha value is -2.62. The van der Waals surface area contributed by atoms with Crippen LogP contribution in [-0.2, 0) is 16.1 Å². The second-order valence-electron chi connectivity index (χ2n) is 7.69. The van der Waals surface area contributed by atoms with Crippen LogP contribution in [-0.4, -0.2) is 65.9 Å². The topological polar surface area (TPSA) is 128 Å². The van der Waals surface area contributed by atoms with Crippen molar-refractivity contribution in [1.29, 1.82) is 0 Å². The lowest BCUT2D eigenvalue weighted by atomic mass is 9.82. The molecule has 3 heterocycles. The molecule has 0 aliphatic carbocycles. The predicted octanol–water partition coefficient (Wildman–Crippen LogP) is -1.24. The van der Waals surface area contributed by atoms with E-state index in [4.69, 9.17) is 0 Å². The molecule has 9 nitrogen and oxygen atoms in total. The number of aliphatic hydroxyl groups excluding tert-OH is 1. The van der Waals surface area contributed by atoms with Crippen LogP contribution in [0.4, 0.5) is 0 Å². The van der Waals surface area contributed by atoms with Gasteiger partial charge in [0.05, 0.1) is 17.7 Å². The van der Waals surface area contributed by atoms with Gasteiger partial charge in [0.25, 0.3) is 11.8 Å². The van der Waals surface area contributed by atoms with E-state index in [9.17, 15) is 24.3 Å². The van der Waals surface area contributed by atoms with Gasteiger partial charge in [-0.25, -0.2) is 0 Å². The first-order valence-electron chi connectivity index (χ1n) is 9.31. The number of nitrogens with one attached hydrogen (secondary N) is 3. The molecule has 1 atom stereocenters. The van der Waals surface area contributed by atoms with E-state index in [1.54, 1.807) is 18.2 Å². The predicted molar refractivity (Wildman–Crippen MR) is 97.2 cm³/mol. The lowest BCUT2D eigenvalue weighted by Crippen LogP contribution is -2.60. The number of fused-ring (bicyclic) bond motifs is 1. The third-order valence-corrected chi connectivity index (χ3v) is 5.67. The fourth-order valence-corrected chi connectivity index (χ4v) is 3.87. The van der Waals surface area contributed by atoms with Crippen LogP contribution in [0.1, 0.15) is 39.1 Å². The number of carbonyl (C=O) groups is 4. The van der Waals surface area contributed by atoms with E-state index in [1.807, 2.05) is 0 Å². The molecule has 1 aromatic rings. The maximum atomic E-state index is 12.8. The van der Waals surface area contributed by atoms with Gasteiger partial charge < -0.3 is 15.7 Å². The van der Waals surface area contributed by atoms with E-state index in [0.717, 1.165) is 23.6 Å². The molecule has 3 aliphatic rings. The van der Waals surface area contributed by atoms with E-state index in [2.05, 4.69) is 16.0 Å². The second-order valence-corrected chi connectivity index (χ2v) is 7.69. The molecule has 0 aromatic heterocycles. The van der Waals surface area contributed by atoms with Crippen LogP contribution in [0.5, 0.6) is 0 Å². The summed E-state index contributed by atoms with van der Waals surface area (Å²) in [5.41, 5.74) is 1.24. The Morgan fingerprint density at radius 2 is 1.89 bits per heavy atom. The van der Waals surface area contributed by atoms with Crippen molar-refractivity contribution < 1.29 is 24.3 Å². The number of nitrogens with zero attached hydrogens (tertiary/aromatic N) is 1. The highest BCUT2D eigenvalue weighted by molar-refractivity contribution is 6.23. The molecule has 4 N–H and O–H groups in total. The van der Waals surface area contributed by atoms with Gasteiger partial charge in [-0.2, -0.15) is 0 Å². The standard InChI is InChI=1S/C19H22N4O5/c24-10-19(8-21-9-19)7-20-6-11-1-2-12-13(5-11)18(28)23(17(12)27)14-3-4-15(25)22-16(14)26/h1-2,5,14,20-21,24H,3-4,6-10H2,(H,22,25,26). The SMILES string of the molecule is O=C1CCC(N2C(=O)c3ccc(CNCC4(CO)CNC4)cc3C2=O)C(=O)N1. The van der Waals surface area contributed by atoms with Gasteiger partial charge in [-0.05, 0) is 24.1 Å². The molecule has 9 heteroatoms.